The van der Waals surface area contributed by atoms with Crippen LogP contribution in [0.25, 0.3) is 0 Å². The zero-order valence-corrected chi connectivity index (χ0v) is 9.97. The lowest BCUT2D eigenvalue weighted by atomic mass is 10.1. The van der Waals surface area contributed by atoms with E-state index in [1.165, 1.54) is 13.8 Å². The molecule has 0 aliphatic carbocycles. The molecule has 92 valence electrons. The predicted molar refractivity (Wildman–Crippen MR) is 58.8 cm³/mol. The van der Waals surface area contributed by atoms with Crippen molar-refractivity contribution in [3.05, 3.63) is 28.0 Å². The Morgan fingerprint density at radius 1 is 1.53 bits per heavy atom. The van der Waals surface area contributed by atoms with E-state index < -0.39 is 28.9 Å². The van der Waals surface area contributed by atoms with Gasteiger partial charge in [-0.3, -0.25) is 4.79 Å². The Balaban J connectivity index is 3.24. The van der Waals surface area contributed by atoms with Gasteiger partial charge in [-0.2, -0.15) is 0 Å². The molecule has 1 N–H and O–H groups in total. The van der Waals surface area contributed by atoms with E-state index in [2.05, 4.69) is 4.74 Å². The van der Waals surface area contributed by atoms with Crippen molar-refractivity contribution >= 4 is 23.4 Å². The molecule has 0 atom stereocenters. The number of phenolic OH excluding ortho intramolecular Hbond substituents is 1. The number of hydrogen-bond acceptors (Lipinski definition) is 4. The molecule has 0 unspecified atom stereocenters. The summed E-state index contributed by atoms with van der Waals surface area (Å²) in [5.74, 6) is -4.40. The van der Waals surface area contributed by atoms with Crippen LogP contribution < -0.4 is 0 Å². The van der Waals surface area contributed by atoms with E-state index in [4.69, 9.17) is 11.6 Å². The van der Waals surface area contributed by atoms with Gasteiger partial charge in [0, 0.05) is 0 Å². The third-order valence-electron chi connectivity index (χ3n) is 2.06. The van der Waals surface area contributed by atoms with Crippen LogP contribution in [0.2, 0.25) is 5.02 Å². The molecule has 0 spiro atoms. The number of aromatic hydroxyl groups is 1. The molecule has 0 bridgehead atoms. The second-order valence-corrected chi connectivity index (χ2v) is 3.65. The Labute approximate surface area is 102 Å². The normalized spacial score (nSPS) is 10.1. The van der Waals surface area contributed by atoms with Crippen molar-refractivity contribution in [2.45, 2.75) is 13.8 Å². The van der Waals surface area contributed by atoms with E-state index in [1.807, 2.05) is 0 Å². The molecule has 0 aliphatic rings. The lowest BCUT2D eigenvalue weighted by Crippen LogP contribution is -2.19. The summed E-state index contributed by atoms with van der Waals surface area (Å²) in [6.07, 6.45) is 0. The van der Waals surface area contributed by atoms with Crippen molar-refractivity contribution in [3.8, 4) is 5.75 Å². The van der Waals surface area contributed by atoms with Gasteiger partial charge in [-0.05, 0) is 25.5 Å². The molecule has 1 aromatic carbocycles. The highest BCUT2D eigenvalue weighted by Gasteiger charge is 2.25. The Morgan fingerprint density at radius 2 is 2.12 bits per heavy atom. The predicted octanol–water partition coefficient (Wildman–Crippen LogP) is 2.24. The molecular weight excluding hydrogens is 251 g/mol. The standard InChI is InChI=1S/C11H10ClFO4/c1-3-17-11(16)9(14)6-4-5(2)7(12)10(15)8(6)13/h4,15H,3H2,1-2H3. The number of carbonyl (C=O) groups excluding carboxylic acids is 2. The number of carbonyl (C=O) groups is 2. The van der Waals surface area contributed by atoms with Gasteiger partial charge in [0.05, 0.1) is 17.2 Å². The van der Waals surface area contributed by atoms with Crippen molar-refractivity contribution < 1.29 is 23.8 Å². The molecule has 0 aliphatic heterocycles. The highest BCUT2D eigenvalue weighted by atomic mass is 35.5. The van der Waals surface area contributed by atoms with E-state index >= 15 is 0 Å². The van der Waals surface area contributed by atoms with Crippen LogP contribution in [0.15, 0.2) is 6.07 Å². The van der Waals surface area contributed by atoms with Crippen LogP contribution in [-0.4, -0.2) is 23.5 Å². The van der Waals surface area contributed by atoms with Crippen LogP contribution in [0.5, 0.6) is 5.75 Å². The Morgan fingerprint density at radius 3 is 2.65 bits per heavy atom. The van der Waals surface area contributed by atoms with Gasteiger partial charge in [0.15, 0.2) is 11.6 Å². The smallest absolute Gasteiger partial charge is 0.379 e. The summed E-state index contributed by atoms with van der Waals surface area (Å²) < 4.78 is 18.0. The summed E-state index contributed by atoms with van der Waals surface area (Å²) in [6.45, 7) is 3.00. The summed E-state index contributed by atoms with van der Waals surface area (Å²) in [6, 6.07) is 1.09. The molecular formula is C11H10ClFO4. The molecule has 17 heavy (non-hydrogen) atoms. The molecule has 0 saturated carbocycles. The molecule has 6 heteroatoms. The summed E-state index contributed by atoms with van der Waals surface area (Å²) in [5, 5.41) is 9.13. The number of ketones is 1. The third-order valence-corrected chi connectivity index (χ3v) is 2.54. The summed E-state index contributed by atoms with van der Waals surface area (Å²) >= 11 is 5.58. The molecule has 1 aromatic rings. The quantitative estimate of drug-likeness (QED) is 0.514. The summed E-state index contributed by atoms with van der Waals surface area (Å²) in [7, 11) is 0. The number of halogens is 2. The average Bonchev–Trinajstić information content (AvgIpc) is 2.30. The lowest BCUT2D eigenvalue weighted by Gasteiger charge is -2.07. The lowest BCUT2D eigenvalue weighted by molar-refractivity contribution is -0.137. The topological polar surface area (TPSA) is 63.6 Å². The molecule has 0 radical (unpaired) electrons. The largest absolute Gasteiger partial charge is 0.504 e. The maximum Gasteiger partial charge on any atom is 0.379 e. The van der Waals surface area contributed by atoms with Crippen molar-refractivity contribution in [2.75, 3.05) is 6.61 Å². The van der Waals surface area contributed by atoms with Crippen LogP contribution in [0.4, 0.5) is 4.39 Å². The number of ether oxygens (including phenoxy) is 1. The minimum Gasteiger partial charge on any atom is -0.504 e. The van der Waals surface area contributed by atoms with E-state index in [0.29, 0.717) is 5.56 Å². The number of rotatable bonds is 3. The summed E-state index contributed by atoms with van der Waals surface area (Å²) in [5.41, 5.74) is -0.263. The second kappa shape index (κ2) is 5.14. The Hall–Kier alpha value is -1.62. The summed E-state index contributed by atoms with van der Waals surface area (Å²) in [4.78, 5) is 22.7. The van der Waals surface area contributed by atoms with E-state index in [-0.39, 0.29) is 11.6 Å². The second-order valence-electron chi connectivity index (χ2n) is 3.27. The minimum atomic E-state index is -1.22. The van der Waals surface area contributed by atoms with Crippen LogP contribution >= 0.6 is 11.6 Å². The van der Waals surface area contributed by atoms with Gasteiger partial charge in [0.1, 0.15) is 0 Å². The van der Waals surface area contributed by atoms with E-state index in [1.54, 1.807) is 0 Å². The van der Waals surface area contributed by atoms with Gasteiger partial charge in [-0.1, -0.05) is 11.6 Å². The molecule has 1 rings (SSSR count). The first-order chi connectivity index (χ1) is 7.90. The Bertz CT molecular complexity index is 485. The van der Waals surface area contributed by atoms with Crippen molar-refractivity contribution in [2.24, 2.45) is 0 Å². The molecule has 0 aromatic heterocycles. The van der Waals surface area contributed by atoms with Gasteiger partial charge in [0.2, 0.25) is 0 Å². The van der Waals surface area contributed by atoms with E-state index in [9.17, 15) is 19.1 Å². The Kier molecular flexibility index (Phi) is 4.07. The first-order valence-corrected chi connectivity index (χ1v) is 5.17. The van der Waals surface area contributed by atoms with Crippen LogP contribution in [0, 0.1) is 12.7 Å². The molecule has 0 fully saturated rings. The zero-order chi connectivity index (χ0) is 13.2. The number of esters is 1. The number of aryl methyl sites for hydroxylation is 1. The first kappa shape index (κ1) is 13.4. The van der Waals surface area contributed by atoms with Gasteiger partial charge in [-0.25, -0.2) is 9.18 Å². The number of phenols is 1. The molecule has 0 saturated heterocycles. The van der Waals surface area contributed by atoms with Gasteiger partial charge in [0.25, 0.3) is 5.78 Å². The third kappa shape index (κ3) is 2.55. The first-order valence-electron chi connectivity index (χ1n) is 4.79. The highest BCUT2D eigenvalue weighted by Crippen LogP contribution is 2.32. The van der Waals surface area contributed by atoms with Crippen molar-refractivity contribution in [1.82, 2.24) is 0 Å². The van der Waals surface area contributed by atoms with Gasteiger partial charge >= 0.3 is 5.97 Å². The fourth-order valence-corrected chi connectivity index (χ4v) is 1.36. The monoisotopic (exact) mass is 260 g/mol. The van der Waals surface area contributed by atoms with Crippen LogP contribution in [0.3, 0.4) is 0 Å². The minimum absolute atomic E-state index is 0.00471. The zero-order valence-electron chi connectivity index (χ0n) is 9.21. The SMILES string of the molecule is CCOC(=O)C(=O)c1cc(C)c(Cl)c(O)c1F. The number of benzene rings is 1. The molecule has 4 nitrogen and oxygen atoms in total. The molecule has 0 amide bonds. The van der Waals surface area contributed by atoms with Crippen molar-refractivity contribution in [1.29, 1.82) is 0 Å². The number of Topliss-reactive ketones (excluding diaryl/α,β-unsaturated/α-hetero) is 1. The van der Waals surface area contributed by atoms with Crippen molar-refractivity contribution in [3.63, 3.8) is 0 Å². The maximum absolute atomic E-state index is 13.5. The fraction of sp³-hybridized carbons (Fsp3) is 0.273. The molecule has 0 heterocycles. The highest BCUT2D eigenvalue weighted by molar-refractivity contribution is 6.41. The fourth-order valence-electron chi connectivity index (χ4n) is 1.23. The number of hydrogen-bond donors (Lipinski definition) is 1. The van der Waals surface area contributed by atoms with Gasteiger partial charge < -0.3 is 9.84 Å². The van der Waals surface area contributed by atoms with Gasteiger partial charge in [-0.15, -0.1) is 0 Å². The van der Waals surface area contributed by atoms with Crippen LogP contribution in [0.1, 0.15) is 22.8 Å². The van der Waals surface area contributed by atoms with E-state index in [0.717, 1.165) is 6.07 Å². The average molecular weight is 261 g/mol. The van der Waals surface area contributed by atoms with Crippen LogP contribution in [-0.2, 0) is 9.53 Å². The maximum atomic E-state index is 13.5.